The van der Waals surface area contributed by atoms with Crippen molar-refractivity contribution in [2.45, 2.75) is 0 Å². The minimum atomic E-state index is -0.678. The smallest absolute Gasteiger partial charge is 0.359 e. The number of benzene rings is 1. The van der Waals surface area contributed by atoms with Gasteiger partial charge in [-0.15, -0.1) is 0 Å². The maximum atomic E-state index is 11.9. The second-order valence-electron chi connectivity index (χ2n) is 4.02. The predicted molar refractivity (Wildman–Crippen MR) is 70.4 cm³/mol. The van der Waals surface area contributed by atoms with E-state index in [9.17, 15) is 9.59 Å². The van der Waals surface area contributed by atoms with Crippen LogP contribution in [0.5, 0.6) is 0 Å². The van der Waals surface area contributed by atoms with Crippen LogP contribution in [-0.4, -0.2) is 32.7 Å². The fourth-order valence-corrected chi connectivity index (χ4v) is 1.96. The topological polar surface area (TPSA) is 89.3 Å². The molecule has 1 aromatic carbocycles. The molecule has 7 nitrogen and oxygen atoms in total. The Morgan fingerprint density at radius 3 is 2.75 bits per heavy atom. The fraction of sp³-hybridized carbons (Fsp3) is 0.0769. The first-order valence-corrected chi connectivity index (χ1v) is 5.82. The second-order valence-corrected chi connectivity index (χ2v) is 4.02. The molecular weight excluding hydrogens is 260 g/mol. The Bertz CT molecular complexity index is 836. The van der Waals surface area contributed by atoms with Crippen LogP contribution in [0.3, 0.4) is 0 Å². The van der Waals surface area contributed by atoms with Crippen LogP contribution < -0.4 is 5.56 Å². The predicted octanol–water partition coefficient (Wildman–Crippen LogP) is 0.871. The van der Waals surface area contributed by atoms with Crippen molar-refractivity contribution in [2.75, 3.05) is 7.11 Å². The van der Waals surface area contributed by atoms with Gasteiger partial charge in [-0.25, -0.2) is 14.3 Å². The van der Waals surface area contributed by atoms with Crippen LogP contribution in [0.15, 0.2) is 41.5 Å². The van der Waals surface area contributed by atoms with Gasteiger partial charge in [-0.1, -0.05) is 30.3 Å². The van der Waals surface area contributed by atoms with Gasteiger partial charge < -0.3 is 9.72 Å². The molecule has 0 unspecified atom stereocenters. The molecule has 0 amide bonds. The first-order chi connectivity index (χ1) is 9.72. The fourth-order valence-electron chi connectivity index (χ4n) is 1.96. The Hall–Kier alpha value is -2.96. The normalized spacial score (nSPS) is 10.7. The number of carbonyl (C=O) groups is 1. The first kappa shape index (κ1) is 12.1. The first-order valence-electron chi connectivity index (χ1n) is 5.82. The molecular formula is C13H10N4O3. The Morgan fingerprint density at radius 2 is 2.05 bits per heavy atom. The van der Waals surface area contributed by atoms with Gasteiger partial charge in [0.15, 0.2) is 17.0 Å². The molecule has 0 saturated carbocycles. The van der Waals surface area contributed by atoms with Crippen molar-refractivity contribution in [3.63, 3.8) is 0 Å². The molecule has 0 bridgehead atoms. The van der Waals surface area contributed by atoms with Gasteiger partial charge in [-0.2, -0.15) is 5.10 Å². The third kappa shape index (κ3) is 1.76. The van der Waals surface area contributed by atoms with Crippen molar-refractivity contribution < 1.29 is 9.53 Å². The maximum absolute atomic E-state index is 11.9. The number of esters is 1. The van der Waals surface area contributed by atoms with E-state index in [1.807, 2.05) is 30.3 Å². The number of nitrogens with one attached hydrogen (secondary N) is 1. The Balaban J connectivity index is 2.38. The van der Waals surface area contributed by atoms with E-state index in [2.05, 4.69) is 19.8 Å². The number of imidazole rings is 1. The van der Waals surface area contributed by atoms with Gasteiger partial charge in [-0.3, -0.25) is 4.79 Å². The molecule has 0 aliphatic carbocycles. The summed E-state index contributed by atoms with van der Waals surface area (Å²) in [4.78, 5) is 30.3. The van der Waals surface area contributed by atoms with E-state index in [4.69, 9.17) is 0 Å². The Kier molecular flexibility index (Phi) is 2.79. The van der Waals surface area contributed by atoms with Crippen molar-refractivity contribution in [1.82, 2.24) is 19.6 Å². The van der Waals surface area contributed by atoms with Crippen LogP contribution in [0, 0.1) is 0 Å². The standard InChI is InChI=1S/C13H10N4O3/c1-20-13(19)9-10-12(18)14-7-15-17(10)11(16-9)8-5-3-2-4-6-8/h2-7H,1H3,(H,14,15,18). The van der Waals surface area contributed by atoms with Crippen LogP contribution in [0.2, 0.25) is 0 Å². The molecule has 1 N–H and O–H groups in total. The number of carbonyl (C=O) groups excluding carboxylic acids is 1. The van der Waals surface area contributed by atoms with E-state index in [0.717, 1.165) is 5.56 Å². The summed E-state index contributed by atoms with van der Waals surface area (Å²) in [6, 6.07) is 9.17. The molecule has 0 radical (unpaired) electrons. The van der Waals surface area contributed by atoms with Crippen molar-refractivity contribution in [2.24, 2.45) is 0 Å². The molecule has 3 aromatic rings. The Labute approximate surface area is 112 Å². The highest BCUT2D eigenvalue weighted by Crippen LogP contribution is 2.19. The van der Waals surface area contributed by atoms with Gasteiger partial charge in [0, 0.05) is 5.56 Å². The van der Waals surface area contributed by atoms with E-state index in [1.54, 1.807) is 0 Å². The number of methoxy groups -OCH3 is 1. The lowest BCUT2D eigenvalue weighted by Gasteiger charge is -1.98. The van der Waals surface area contributed by atoms with E-state index in [0.29, 0.717) is 5.82 Å². The molecule has 100 valence electrons. The largest absolute Gasteiger partial charge is 0.464 e. The molecule has 0 saturated heterocycles. The monoisotopic (exact) mass is 270 g/mol. The van der Waals surface area contributed by atoms with Crippen molar-refractivity contribution in [3.8, 4) is 11.4 Å². The summed E-state index contributed by atoms with van der Waals surface area (Å²) in [5, 5.41) is 4.05. The molecule has 0 atom stereocenters. The summed E-state index contributed by atoms with van der Waals surface area (Å²) in [6.07, 6.45) is 1.25. The number of hydrogen-bond donors (Lipinski definition) is 1. The number of hydrogen-bond acceptors (Lipinski definition) is 5. The molecule has 0 aliphatic rings. The minimum Gasteiger partial charge on any atom is -0.464 e. The third-order valence-corrected chi connectivity index (χ3v) is 2.85. The van der Waals surface area contributed by atoms with E-state index >= 15 is 0 Å². The van der Waals surface area contributed by atoms with Gasteiger partial charge in [0.05, 0.1) is 7.11 Å². The summed E-state index contributed by atoms with van der Waals surface area (Å²) in [6.45, 7) is 0. The highest BCUT2D eigenvalue weighted by Gasteiger charge is 2.22. The third-order valence-electron chi connectivity index (χ3n) is 2.85. The van der Waals surface area contributed by atoms with Crippen LogP contribution >= 0.6 is 0 Å². The number of H-pyrrole nitrogens is 1. The number of nitrogens with zero attached hydrogens (tertiary/aromatic N) is 3. The molecule has 7 heteroatoms. The number of aromatic nitrogens is 4. The average Bonchev–Trinajstić information content (AvgIpc) is 2.88. The molecule has 2 heterocycles. The zero-order chi connectivity index (χ0) is 14.1. The maximum Gasteiger partial charge on any atom is 0.359 e. The number of aromatic amines is 1. The van der Waals surface area contributed by atoms with Crippen molar-refractivity contribution in [3.05, 3.63) is 52.7 Å². The molecule has 0 aliphatic heterocycles. The van der Waals surface area contributed by atoms with Crippen LogP contribution in [0.4, 0.5) is 0 Å². The number of rotatable bonds is 2. The lowest BCUT2D eigenvalue weighted by atomic mass is 10.2. The van der Waals surface area contributed by atoms with Gasteiger partial charge in [-0.05, 0) is 0 Å². The van der Waals surface area contributed by atoms with Gasteiger partial charge >= 0.3 is 5.97 Å². The second kappa shape index (κ2) is 4.61. The highest BCUT2D eigenvalue weighted by molar-refractivity contribution is 5.95. The molecule has 20 heavy (non-hydrogen) atoms. The number of ether oxygens (including phenoxy) is 1. The lowest BCUT2D eigenvalue weighted by Crippen LogP contribution is -2.14. The zero-order valence-corrected chi connectivity index (χ0v) is 10.5. The van der Waals surface area contributed by atoms with Crippen LogP contribution in [0.25, 0.3) is 16.9 Å². The van der Waals surface area contributed by atoms with E-state index < -0.39 is 11.5 Å². The SMILES string of the molecule is COC(=O)c1nc(-c2ccccc2)n2nc[nH]c(=O)c12. The van der Waals surface area contributed by atoms with Crippen LogP contribution in [0.1, 0.15) is 10.5 Å². The van der Waals surface area contributed by atoms with E-state index in [1.165, 1.54) is 18.0 Å². The molecule has 0 fully saturated rings. The summed E-state index contributed by atoms with van der Waals surface area (Å²) in [5.41, 5.74) is 0.310. The van der Waals surface area contributed by atoms with Gasteiger partial charge in [0.2, 0.25) is 0 Å². The molecule has 3 rings (SSSR count). The minimum absolute atomic E-state index is 0.0549. The summed E-state index contributed by atoms with van der Waals surface area (Å²) in [7, 11) is 1.24. The van der Waals surface area contributed by atoms with Crippen molar-refractivity contribution >= 4 is 11.5 Å². The highest BCUT2D eigenvalue weighted by atomic mass is 16.5. The Morgan fingerprint density at radius 1 is 1.30 bits per heavy atom. The van der Waals surface area contributed by atoms with E-state index in [-0.39, 0.29) is 11.2 Å². The van der Waals surface area contributed by atoms with Gasteiger partial charge in [0.1, 0.15) is 6.33 Å². The lowest BCUT2D eigenvalue weighted by molar-refractivity contribution is 0.0597. The number of fused-ring (bicyclic) bond motifs is 1. The zero-order valence-electron chi connectivity index (χ0n) is 10.5. The van der Waals surface area contributed by atoms with Gasteiger partial charge in [0.25, 0.3) is 5.56 Å². The summed E-state index contributed by atoms with van der Waals surface area (Å²) < 4.78 is 5.99. The molecule has 0 spiro atoms. The van der Waals surface area contributed by atoms with Crippen molar-refractivity contribution in [1.29, 1.82) is 0 Å². The summed E-state index contributed by atoms with van der Waals surface area (Å²) >= 11 is 0. The van der Waals surface area contributed by atoms with Crippen LogP contribution in [-0.2, 0) is 4.74 Å². The quantitative estimate of drug-likeness (QED) is 0.698. The molecule has 2 aromatic heterocycles. The average molecular weight is 270 g/mol. The summed E-state index contributed by atoms with van der Waals surface area (Å²) in [5.74, 6) is -0.268.